The van der Waals surface area contributed by atoms with Crippen molar-refractivity contribution < 1.29 is 22.7 Å². The lowest BCUT2D eigenvalue weighted by molar-refractivity contribution is -0.137. The number of amides is 1. The Morgan fingerprint density at radius 3 is 2.27 bits per heavy atom. The molecule has 1 aliphatic heterocycles. The van der Waals surface area contributed by atoms with Gasteiger partial charge in [-0.05, 0) is 18.2 Å². The van der Waals surface area contributed by atoms with E-state index in [9.17, 15) is 18.0 Å². The van der Waals surface area contributed by atoms with E-state index in [1.165, 1.54) is 19.4 Å². The minimum absolute atomic E-state index is 0.139. The van der Waals surface area contributed by atoms with E-state index in [2.05, 4.69) is 9.97 Å². The fraction of sp³-hybridized carbons (Fsp3) is 0.353. The number of halogens is 3. The average molecular weight is 366 g/mol. The SMILES string of the molecule is COc1ccc(C(=O)N2CCN(c3ccc(C(F)(F)F)cn3)CC2)cn1. The van der Waals surface area contributed by atoms with Gasteiger partial charge in [0.05, 0.1) is 18.2 Å². The van der Waals surface area contributed by atoms with Gasteiger partial charge in [-0.3, -0.25) is 4.79 Å². The Labute approximate surface area is 148 Å². The third-order valence-electron chi connectivity index (χ3n) is 4.16. The number of piperazine rings is 1. The predicted octanol–water partition coefficient (Wildman–Crippen LogP) is 2.47. The summed E-state index contributed by atoms with van der Waals surface area (Å²) in [4.78, 5) is 23.9. The number of hydrogen-bond acceptors (Lipinski definition) is 5. The molecule has 138 valence electrons. The standard InChI is InChI=1S/C17H17F3N4O2/c1-26-15-5-2-12(10-22-15)16(25)24-8-6-23(7-9-24)14-4-3-13(11-21-14)17(18,19)20/h2-5,10-11H,6-9H2,1H3. The van der Waals surface area contributed by atoms with E-state index in [-0.39, 0.29) is 5.91 Å². The molecule has 9 heteroatoms. The van der Waals surface area contributed by atoms with Crippen LogP contribution < -0.4 is 9.64 Å². The van der Waals surface area contributed by atoms with Gasteiger partial charge in [0.15, 0.2) is 0 Å². The summed E-state index contributed by atoms with van der Waals surface area (Å²) in [5.41, 5.74) is -0.311. The zero-order valence-electron chi connectivity index (χ0n) is 14.0. The maximum Gasteiger partial charge on any atom is 0.417 e. The van der Waals surface area contributed by atoms with Gasteiger partial charge in [0, 0.05) is 44.6 Å². The normalized spacial score (nSPS) is 15.1. The van der Waals surface area contributed by atoms with Crippen LogP contribution >= 0.6 is 0 Å². The topological polar surface area (TPSA) is 58.6 Å². The van der Waals surface area contributed by atoms with Crippen LogP contribution in [0.1, 0.15) is 15.9 Å². The maximum atomic E-state index is 12.6. The number of aromatic nitrogens is 2. The third-order valence-corrected chi connectivity index (χ3v) is 4.16. The minimum Gasteiger partial charge on any atom is -0.481 e. The number of alkyl halides is 3. The lowest BCUT2D eigenvalue weighted by Gasteiger charge is -2.35. The predicted molar refractivity (Wildman–Crippen MR) is 88.1 cm³/mol. The van der Waals surface area contributed by atoms with Crippen molar-refractivity contribution in [3.63, 3.8) is 0 Å². The van der Waals surface area contributed by atoms with Crippen molar-refractivity contribution in [2.24, 2.45) is 0 Å². The zero-order chi connectivity index (χ0) is 18.7. The summed E-state index contributed by atoms with van der Waals surface area (Å²) >= 11 is 0. The Kier molecular flexibility index (Phi) is 4.97. The summed E-state index contributed by atoms with van der Waals surface area (Å²) < 4.78 is 42.8. The van der Waals surface area contributed by atoms with Crippen molar-refractivity contribution in [3.8, 4) is 5.88 Å². The Bertz CT molecular complexity index is 755. The van der Waals surface area contributed by atoms with Gasteiger partial charge in [0.2, 0.25) is 5.88 Å². The molecule has 1 amide bonds. The Balaban J connectivity index is 1.60. The van der Waals surface area contributed by atoms with Crippen molar-refractivity contribution >= 4 is 11.7 Å². The van der Waals surface area contributed by atoms with Crippen LogP contribution in [0.15, 0.2) is 36.7 Å². The second-order valence-electron chi connectivity index (χ2n) is 5.77. The number of carbonyl (C=O) groups is 1. The molecular weight excluding hydrogens is 349 g/mol. The first kappa shape index (κ1) is 18.0. The van der Waals surface area contributed by atoms with Gasteiger partial charge in [0.1, 0.15) is 5.82 Å². The molecule has 3 heterocycles. The first-order valence-corrected chi connectivity index (χ1v) is 7.96. The van der Waals surface area contributed by atoms with Gasteiger partial charge in [0.25, 0.3) is 5.91 Å². The number of carbonyl (C=O) groups excluding carboxylic acids is 1. The molecule has 1 saturated heterocycles. The molecular formula is C17H17F3N4O2. The first-order valence-electron chi connectivity index (χ1n) is 7.96. The number of hydrogen-bond donors (Lipinski definition) is 0. The zero-order valence-corrected chi connectivity index (χ0v) is 14.0. The van der Waals surface area contributed by atoms with Crippen molar-refractivity contribution in [1.29, 1.82) is 0 Å². The largest absolute Gasteiger partial charge is 0.481 e. The Morgan fingerprint density at radius 2 is 1.77 bits per heavy atom. The second-order valence-corrected chi connectivity index (χ2v) is 5.77. The average Bonchev–Trinajstić information content (AvgIpc) is 2.67. The van der Waals surface area contributed by atoms with E-state index in [1.807, 2.05) is 4.90 Å². The van der Waals surface area contributed by atoms with E-state index < -0.39 is 11.7 Å². The smallest absolute Gasteiger partial charge is 0.417 e. The van der Waals surface area contributed by atoms with Gasteiger partial charge < -0.3 is 14.5 Å². The summed E-state index contributed by atoms with van der Waals surface area (Å²) in [6.07, 6.45) is -2.11. The highest BCUT2D eigenvalue weighted by atomic mass is 19.4. The number of anilines is 1. The van der Waals surface area contributed by atoms with Crippen LogP contribution in [-0.4, -0.2) is 54.1 Å². The van der Waals surface area contributed by atoms with E-state index in [0.29, 0.717) is 43.4 Å². The van der Waals surface area contributed by atoms with Crippen LogP contribution in [0.2, 0.25) is 0 Å². The van der Waals surface area contributed by atoms with Gasteiger partial charge >= 0.3 is 6.18 Å². The van der Waals surface area contributed by atoms with Crippen LogP contribution in [0, 0.1) is 0 Å². The number of pyridine rings is 2. The van der Waals surface area contributed by atoms with Crippen LogP contribution in [0.4, 0.5) is 19.0 Å². The van der Waals surface area contributed by atoms with Gasteiger partial charge in [-0.15, -0.1) is 0 Å². The molecule has 0 atom stereocenters. The number of methoxy groups -OCH3 is 1. The molecule has 6 nitrogen and oxygen atoms in total. The van der Waals surface area contributed by atoms with Crippen molar-refractivity contribution in [2.75, 3.05) is 38.2 Å². The molecule has 26 heavy (non-hydrogen) atoms. The Morgan fingerprint density at radius 1 is 1.04 bits per heavy atom. The highest BCUT2D eigenvalue weighted by molar-refractivity contribution is 5.94. The van der Waals surface area contributed by atoms with Crippen molar-refractivity contribution in [1.82, 2.24) is 14.9 Å². The highest BCUT2D eigenvalue weighted by Gasteiger charge is 2.31. The van der Waals surface area contributed by atoms with Crippen molar-refractivity contribution in [2.45, 2.75) is 6.18 Å². The molecule has 0 saturated carbocycles. The number of nitrogens with zero attached hydrogens (tertiary/aromatic N) is 4. The molecule has 0 unspecified atom stereocenters. The van der Waals surface area contributed by atoms with E-state index >= 15 is 0 Å². The molecule has 0 aliphatic carbocycles. The second kappa shape index (κ2) is 7.19. The minimum atomic E-state index is -4.40. The van der Waals surface area contributed by atoms with Gasteiger partial charge in [-0.1, -0.05) is 0 Å². The fourth-order valence-corrected chi connectivity index (χ4v) is 2.69. The summed E-state index contributed by atoms with van der Waals surface area (Å²) in [5, 5.41) is 0. The van der Waals surface area contributed by atoms with Crippen molar-refractivity contribution in [3.05, 3.63) is 47.8 Å². The number of rotatable bonds is 3. The highest BCUT2D eigenvalue weighted by Crippen LogP contribution is 2.29. The molecule has 0 N–H and O–H groups in total. The molecule has 0 spiro atoms. The molecule has 1 aliphatic rings. The molecule has 2 aromatic heterocycles. The lowest BCUT2D eigenvalue weighted by Crippen LogP contribution is -2.49. The number of ether oxygens (including phenoxy) is 1. The molecule has 0 bridgehead atoms. The van der Waals surface area contributed by atoms with Crippen LogP contribution in [-0.2, 0) is 6.18 Å². The summed E-state index contributed by atoms with van der Waals surface area (Å²) in [6.45, 7) is 1.89. The van der Waals surface area contributed by atoms with Gasteiger partial charge in [-0.25, -0.2) is 9.97 Å². The quantitative estimate of drug-likeness (QED) is 0.835. The van der Waals surface area contributed by atoms with Crippen LogP contribution in [0.3, 0.4) is 0 Å². The van der Waals surface area contributed by atoms with Crippen LogP contribution in [0.25, 0.3) is 0 Å². The summed E-state index contributed by atoms with van der Waals surface area (Å²) in [5.74, 6) is 0.760. The fourth-order valence-electron chi connectivity index (χ4n) is 2.69. The molecule has 3 rings (SSSR count). The molecule has 0 aromatic carbocycles. The van der Waals surface area contributed by atoms with E-state index in [0.717, 1.165) is 12.3 Å². The van der Waals surface area contributed by atoms with Gasteiger partial charge in [-0.2, -0.15) is 13.2 Å². The monoisotopic (exact) mass is 366 g/mol. The van der Waals surface area contributed by atoms with E-state index in [1.54, 1.807) is 17.0 Å². The molecule has 2 aromatic rings. The van der Waals surface area contributed by atoms with E-state index in [4.69, 9.17) is 4.74 Å². The van der Waals surface area contributed by atoms with Crippen LogP contribution in [0.5, 0.6) is 5.88 Å². The maximum absolute atomic E-state index is 12.6. The summed E-state index contributed by atoms with van der Waals surface area (Å²) in [6, 6.07) is 5.64. The molecule has 0 radical (unpaired) electrons. The molecule has 1 fully saturated rings. The third kappa shape index (κ3) is 3.87. The first-order chi connectivity index (χ1) is 12.4. The Hall–Kier alpha value is -2.84. The lowest BCUT2D eigenvalue weighted by atomic mass is 10.2. The summed E-state index contributed by atoms with van der Waals surface area (Å²) in [7, 11) is 1.50.